The number of rotatable bonds is 5. The summed E-state index contributed by atoms with van der Waals surface area (Å²) in [6.45, 7) is 2.52. The first-order valence-corrected chi connectivity index (χ1v) is 5.77. The summed E-state index contributed by atoms with van der Waals surface area (Å²) in [6.07, 6.45) is 0.752. The molecule has 94 valence electrons. The lowest BCUT2D eigenvalue weighted by atomic mass is 10.1. The van der Waals surface area contributed by atoms with Gasteiger partial charge in [-0.15, -0.1) is 0 Å². The van der Waals surface area contributed by atoms with E-state index < -0.39 is 0 Å². The van der Waals surface area contributed by atoms with Crippen molar-refractivity contribution in [3.8, 4) is 0 Å². The summed E-state index contributed by atoms with van der Waals surface area (Å²) in [6, 6.07) is 4.87. The number of methoxy groups -OCH3 is 1. The van der Waals surface area contributed by atoms with Crippen molar-refractivity contribution in [3.05, 3.63) is 28.8 Å². The Morgan fingerprint density at radius 2 is 2.29 bits per heavy atom. The van der Waals surface area contributed by atoms with Crippen LogP contribution in [0.3, 0.4) is 0 Å². The van der Waals surface area contributed by atoms with Gasteiger partial charge in [0, 0.05) is 25.4 Å². The third-order valence-electron chi connectivity index (χ3n) is 2.37. The fourth-order valence-corrected chi connectivity index (χ4v) is 1.59. The molecule has 0 aromatic heterocycles. The highest BCUT2D eigenvalue weighted by Crippen LogP contribution is 2.18. The lowest BCUT2D eigenvalue weighted by Gasteiger charge is -2.14. The normalized spacial score (nSPS) is 12.2. The van der Waals surface area contributed by atoms with Gasteiger partial charge in [0.25, 0.3) is 5.91 Å². The maximum atomic E-state index is 11.9. The van der Waals surface area contributed by atoms with Gasteiger partial charge in [0.15, 0.2) is 0 Å². The van der Waals surface area contributed by atoms with Crippen molar-refractivity contribution in [2.75, 3.05) is 19.5 Å². The van der Waals surface area contributed by atoms with Crippen molar-refractivity contribution < 1.29 is 9.53 Å². The van der Waals surface area contributed by atoms with Crippen LogP contribution in [0.4, 0.5) is 5.69 Å². The van der Waals surface area contributed by atoms with Gasteiger partial charge in [-0.1, -0.05) is 11.6 Å². The van der Waals surface area contributed by atoms with E-state index in [1.54, 1.807) is 25.3 Å². The highest BCUT2D eigenvalue weighted by molar-refractivity contribution is 6.34. The maximum Gasteiger partial charge on any atom is 0.253 e. The highest BCUT2D eigenvalue weighted by Gasteiger charge is 2.13. The summed E-state index contributed by atoms with van der Waals surface area (Å²) in [5.41, 5.74) is 6.53. The molecule has 0 radical (unpaired) electrons. The van der Waals surface area contributed by atoms with Crippen molar-refractivity contribution in [2.24, 2.45) is 0 Å². The van der Waals surface area contributed by atoms with Crippen LogP contribution in [0, 0.1) is 0 Å². The Kier molecular flexibility index (Phi) is 5.25. The van der Waals surface area contributed by atoms with E-state index in [2.05, 4.69) is 5.32 Å². The molecular weight excluding hydrogens is 240 g/mol. The average molecular weight is 257 g/mol. The van der Waals surface area contributed by atoms with Crippen LogP contribution in [0.15, 0.2) is 18.2 Å². The maximum absolute atomic E-state index is 11.9. The van der Waals surface area contributed by atoms with Crippen LogP contribution in [0.1, 0.15) is 23.7 Å². The van der Waals surface area contributed by atoms with Crippen molar-refractivity contribution in [2.45, 2.75) is 19.4 Å². The predicted octanol–water partition coefficient (Wildman–Crippen LogP) is 2.08. The molecule has 0 saturated heterocycles. The minimum atomic E-state index is -0.217. The van der Waals surface area contributed by atoms with E-state index in [1.807, 2.05) is 6.92 Å². The van der Waals surface area contributed by atoms with Crippen LogP contribution in [-0.2, 0) is 4.74 Å². The van der Waals surface area contributed by atoms with Gasteiger partial charge in [-0.25, -0.2) is 0 Å². The van der Waals surface area contributed by atoms with Gasteiger partial charge in [0.1, 0.15) is 0 Å². The second kappa shape index (κ2) is 6.47. The first-order chi connectivity index (χ1) is 8.04. The zero-order valence-electron chi connectivity index (χ0n) is 10.00. The molecule has 0 fully saturated rings. The smallest absolute Gasteiger partial charge is 0.253 e. The number of ether oxygens (including phenoxy) is 1. The summed E-state index contributed by atoms with van der Waals surface area (Å²) in [7, 11) is 1.63. The van der Waals surface area contributed by atoms with E-state index >= 15 is 0 Å². The van der Waals surface area contributed by atoms with Gasteiger partial charge in [0.05, 0.1) is 10.6 Å². The molecule has 0 aliphatic heterocycles. The number of halogens is 1. The summed E-state index contributed by atoms with van der Waals surface area (Å²) in [5.74, 6) is -0.217. The van der Waals surface area contributed by atoms with Crippen LogP contribution in [-0.4, -0.2) is 25.7 Å². The zero-order chi connectivity index (χ0) is 12.8. The molecule has 3 N–H and O–H groups in total. The van der Waals surface area contributed by atoms with Crippen LogP contribution in [0.25, 0.3) is 0 Å². The number of hydrogen-bond acceptors (Lipinski definition) is 3. The summed E-state index contributed by atoms with van der Waals surface area (Å²) in [5, 5.41) is 3.24. The molecule has 1 aromatic carbocycles. The molecule has 1 atom stereocenters. The summed E-state index contributed by atoms with van der Waals surface area (Å²) < 4.78 is 4.95. The van der Waals surface area contributed by atoms with E-state index in [0.717, 1.165) is 6.42 Å². The predicted molar refractivity (Wildman–Crippen MR) is 69.3 cm³/mol. The Bertz CT molecular complexity index is 396. The second-order valence-corrected chi connectivity index (χ2v) is 4.30. The number of carbonyl (C=O) groups is 1. The van der Waals surface area contributed by atoms with Crippen molar-refractivity contribution >= 4 is 23.2 Å². The van der Waals surface area contributed by atoms with Gasteiger partial charge >= 0.3 is 0 Å². The molecule has 17 heavy (non-hydrogen) atoms. The number of carbonyl (C=O) groups excluding carboxylic acids is 1. The number of hydrogen-bond donors (Lipinski definition) is 2. The van der Waals surface area contributed by atoms with Gasteiger partial charge < -0.3 is 15.8 Å². The van der Waals surface area contributed by atoms with Crippen molar-refractivity contribution in [3.63, 3.8) is 0 Å². The molecule has 1 aromatic rings. The number of nitrogens with one attached hydrogen (secondary N) is 1. The van der Waals surface area contributed by atoms with E-state index in [0.29, 0.717) is 22.9 Å². The summed E-state index contributed by atoms with van der Waals surface area (Å²) in [4.78, 5) is 11.9. The Morgan fingerprint density at radius 3 is 2.94 bits per heavy atom. The SMILES string of the molecule is COCCC(C)NC(=O)c1cc(N)ccc1Cl. The molecule has 1 rings (SSSR count). The minimum Gasteiger partial charge on any atom is -0.399 e. The molecule has 0 aliphatic carbocycles. The Balaban J connectivity index is 2.66. The van der Waals surface area contributed by atoms with Gasteiger partial charge in [0.2, 0.25) is 0 Å². The van der Waals surface area contributed by atoms with Gasteiger partial charge in [-0.3, -0.25) is 4.79 Å². The van der Waals surface area contributed by atoms with E-state index in [-0.39, 0.29) is 11.9 Å². The molecule has 0 heterocycles. The highest BCUT2D eigenvalue weighted by atomic mass is 35.5. The number of anilines is 1. The lowest BCUT2D eigenvalue weighted by Crippen LogP contribution is -2.33. The molecule has 0 saturated carbocycles. The molecule has 1 amide bonds. The summed E-state index contributed by atoms with van der Waals surface area (Å²) >= 11 is 5.94. The molecule has 1 unspecified atom stereocenters. The first-order valence-electron chi connectivity index (χ1n) is 5.39. The Morgan fingerprint density at radius 1 is 1.59 bits per heavy atom. The van der Waals surface area contributed by atoms with Crippen molar-refractivity contribution in [1.29, 1.82) is 0 Å². The minimum absolute atomic E-state index is 0.0277. The number of amides is 1. The standard InChI is InChI=1S/C12H17ClN2O2/c1-8(5-6-17-2)15-12(16)10-7-9(14)3-4-11(10)13/h3-4,7-8H,5-6,14H2,1-2H3,(H,15,16). The van der Waals surface area contributed by atoms with Gasteiger partial charge in [-0.2, -0.15) is 0 Å². The van der Waals surface area contributed by atoms with Gasteiger partial charge in [-0.05, 0) is 31.5 Å². The van der Waals surface area contributed by atoms with E-state index in [9.17, 15) is 4.79 Å². The molecule has 0 bridgehead atoms. The monoisotopic (exact) mass is 256 g/mol. The fraction of sp³-hybridized carbons (Fsp3) is 0.417. The average Bonchev–Trinajstić information content (AvgIpc) is 2.29. The number of benzene rings is 1. The molecule has 0 aliphatic rings. The Labute approximate surface area is 106 Å². The van der Waals surface area contributed by atoms with Crippen molar-refractivity contribution in [1.82, 2.24) is 5.32 Å². The number of nitrogen functional groups attached to an aromatic ring is 1. The fourth-order valence-electron chi connectivity index (χ4n) is 1.39. The van der Waals surface area contributed by atoms with E-state index in [4.69, 9.17) is 22.1 Å². The first kappa shape index (κ1) is 13.8. The van der Waals surface area contributed by atoms with Crippen LogP contribution < -0.4 is 11.1 Å². The number of nitrogens with two attached hydrogens (primary N) is 1. The largest absolute Gasteiger partial charge is 0.399 e. The van der Waals surface area contributed by atoms with Crippen LogP contribution in [0.5, 0.6) is 0 Å². The molecule has 5 heteroatoms. The lowest BCUT2D eigenvalue weighted by molar-refractivity contribution is 0.0930. The third kappa shape index (κ3) is 4.24. The topological polar surface area (TPSA) is 64.3 Å². The second-order valence-electron chi connectivity index (χ2n) is 3.90. The Hall–Kier alpha value is -1.26. The molecule has 4 nitrogen and oxygen atoms in total. The van der Waals surface area contributed by atoms with Crippen LogP contribution >= 0.6 is 11.6 Å². The molecule has 0 spiro atoms. The zero-order valence-corrected chi connectivity index (χ0v) is 10.8. The van der Waals surface area contributed by atoms with E-state index in [1.165, 1.54) is 0 Å². The van der Waals surface area contributed by atoms with Crippen LogP contribution in [0.2, 0.25) is 5.02 Å². The quantitative estimate of drug-likeness (QED) is 0.793. The molecular formula is C12H17ClN2O2. The third-order valence-corrected chi connectivity index (χ3v) is 2.70.